The molecule has 0 spiro atoms. The number of carbonyl (C=O) groups is 1. The van der Waals surface area contributed by atoms with E-state index < -0.39 is 34.8 Å². The molecule has 1 rings (SSSR count). The molecule has 2 atom stereocenters. The number of rotatable bonds is 2. The average Bonchev–Trinajstić information content (AvgIpc) is 2.25. The molecule has 0 bridgehead atoms. The highest BCUT2D eigenvalue weighted by Crippen LogP contribution is 2.32. The highest BCUT2D eigenvalue weighted by Gasteiger charge is 2.56. The fourth-order valence-corrected chi connectivity index (χ4v) is 1.29. The molecule has 1 saturated heterocycles. The number of halogens is 3. The molecule has 0 aromatic rings. The second kappa shape index (κ2) is 3.52. The largest absolute Gasteiger partial charge is 0.511 e. The molecule has 6 nitrogen and oxygen atoms in total. The molecule has 1 fully saturated rings. The SMILES string of the molecule is CS(=O)(=O)OC1OC(=O)OC1C(F)(F)F. The van der Waals surface area contributed by atoms with Crippen LogP contribution in [-0.4, -0.2) is 39.4 Å². The van der Waals surface area contributed by atoms with Crippen LogP contribution in [0.5, 0.6) is 0 Å². The van der Waals surface area contributed by atoms with E-state index in [2.05, 4.69) is 13.7 Å². The summed E-state index contributed by atoms with van der Waals surface area (Å²) < 4.78 is 68.9. The van der Waals surface area contributed by atoms with Crippen LogP contribution < -0.4 is 0 Å². The molecular weight excluding hydrogens is 245 g/mol. The van der Waals surface area contributed by atoms with Crippen LogP contribution in [0, 0.1) is 0 Å². The van der Waals surface area contributed by atoms with Gasteiger partial charge in [-0.2, -0.15) is 21.6 Å². The van der Waals surface area contributed by atoms with Crippen LogP contribution in [0.2, 0.25) is 0 Å². The Morgan fingerprint density at radius 1 is 1.33 bits per heavy atom. The van der Waals surface area contributed by atoms with Gasteiger partial charge in [0.2, 0.25) is 0 Å². The molecular formula is C5H5F3O6S. The summed E-state index contributed by atoms with van der Waals surface area (Å²) in [5, 5.41) is 0. The number of hydrogen-bond acceptors (Lipinski definition) is 6. The molecule has 0 saturated carbocycles. The maximum absolute atomic E-state index is 12.1. The minimum absolute atomic E-state index is 0.520. The standard InChI is InChI=1S/C5H5F3O6S/c1-15(10,11)14-3-2(5(6,7)8)12-4(9)13-3/h2-3H,1H3. The first-order chi connectivity index (χ1) is 6.59. The molecule has 2 unspecified atom stereocenters. The van der Waals surface area contributed by atoms with Crippen molar-refractivity contribution in [3.8, 4) is 0 Å². The first kappa shape index (κ1) is 12.0. The van der Waals surface area contributed by atoms with E-state index in [9.17, 15) is 26.4 Å². The van der Waals surface area contributed by atoms with Crippen LogP contribution in [0.4, 0.5) is 18.0 Å². The Hall–Kier alpha value is -1.03. The van der Waals surface area contributed by atoms with Crippen LogP contribution in [0.15, 0.2) is 0 Å². The fourth-order valence-electron chi connectivity index (χ4n) is 0.807. The lowest BCUT2D eigenvalue weighted by molar-refractivity contribution is -0.223. The number of alkyl halides is 3. The summed E-state index contributed by atoms with van der Waals surface area (Å²) in [4.78, 5) is 10.4. The number of hydrogen-bond donors (Lipinski definition) is 0. The van der Waals surface area contributed by atoms with Crippen LogP contribution in [0.1, 0.15) is 0 Å². The van der Waals surface area contributed by atoms with E-state index in [-0.39, 0.29) is 0 Å². The molecule has 1 aliphatic rings. The summed E-state index contributed by atoms with van der Waals surface area (Å²) >= 11 is 0. The third-order valence-electron chi connectivity index (χ3n) is 1.28. The van der Waals surface area contributed by atoms with Gasteiger partial charge in [0.15, 0.2) is 0 Å². The molecule has 0 aromatic carbocycles. The van der Waals surface area contributed by atoms with Crippen molar-refractivity contribution < 1.29 is 40.0 Å². The van der Waals surface area contributed by atoms with Gasteiger partial charge in [0, 0.05) is 0 Å². The van der Waals surface area contributed by atoms with Crippen molar-refractivity contribution in [1.29, 1.82) is 0 Å². The molecule has 1 aliphatic heterocycles. The van der Waals surface area contributed by atoms with Crippen LogP contribution in [0.3, 0.4) is 0 Å². The van der Waals surface area contributed by atoms with Crippen LogP contribution >= 0.6 is 0 Å². The fraction of sp³-hybridized carbons (Fsp3) is 0.800. The van der Waals surface area contributed by atoms with Gasteiger partial charge in [-0.05, 0) is 0 Å². The summed E-state index contributed by atoms with van der Waals surface area (Å²) in [5.41, 5.74) is 0. The molecule has 0 amide bonds. The van der Waals surface area contributed by atoms with Gasteiger partial charge >= 0.3 is 12.3 Å². The van der Waals surface area contributed by atoms with E-state index in [1.807, 2.05) is 0 Å². The lowest BCUT2D eigenvalue weighted by Crippen LogP contribution is -2.39. The van der Waals surface area contributed by atoms with E-state index in [4.69, 9.17) is 0 Å². The van der Waals surface area contributed by atoms with Gasteiger partial charge in [-0.3, -0.25) is 0 Å². The Morgan fingerprint density at radius 2 is 1.87 bits per heavy atom. The first-order valence-corrected chi connectivity index (χ1v) is 5.23. The molecule has 10 heteroatoms. The summed E-state index contributed by atoms with van der Waals surface area (Å²) in [5.74, 6) is 0. The summed E-state index contributed by atoms with van der Waals surface area (Å²) in [6.45, 7) is 0. The van der Waals surface area contributed by atoms with Gasteiger partial charge in [0.1, 0.15) is 0 Å². The molecule has 0 aliphatic carbocycles. The van der Waals surface area contributed by atoms with Crippen molar-refractivity contribution in [2.75, 3.05) is 6.26 Å². The maximum Gasteiger partial charge on any atom is 0.511 e. The van der Waals surface area contributed by atoms with Crippen molar-refractivity contribution in [2.45, 2.75) is 18.6 Å². The highest BCUT2D eigenvalue weighted by molar-refractivity contribution is 7.86. The monoisotopic (exact) mass is 250 g/mol. The van der Waals surface area contributed by atoms with E-state index >= 15 is 0 Å². The summed E-state index contributed by atoms with van der Waals surface area (Å²) in [6, 6.07) is 0. The second-order valence-electron chi connectivity index (χ2n) is 2.62. The maximum atomic E-state index is 12.1. The summed E-state index contributed by atoms with van der Waals surface area (Å²) in [7, 11) is -4.18. The predicted molar refractivity (Wildman–Crippen MR) is 37.1 cm³/mol. The lowest BCUT2D eigenvalue weighted by atomic mass is 10.3. The Balaban J connectivity index is 2.83. The van der Waals surface area contributed by atoms with Gasteiger partial charge in [-0.15, -0.1) is 0 Å². The number of cyclic esters (lactones) is 2. The quantitative estimate of drug-likeness (QED) is 0.521. The Labute approximate surface area is 82.0 Å². The highest BCUT2D eigenvalue weighted by atomic mass is 32.2. The molecule has 88 valence electrons. The van der Waals surface area contributed by atoms with Crippen molar-refractivity contribution in [3.05, 3.63) is 0 Å². The van der Waals surface area contributed by atoms with E-state index in [1.165, 1.54) is 0 Å². The average molecular weight is 250 g/mol. The van der Waals surface area contributed by atoms with E-state index in [0.29, 0.717) is 6.26 Å². The zero-order chi connectivity index (χ0) is 11.9. The number of carbonyl (C=O) groups excluding carboxylic acids is 1. The van der Waals surface area contributed by atoms with Gasteiger partial charge < -0.3 is 9.47 Å². The first-order valence-electron chi connectivity index (χ1n) is 3.42. The number of ether oxygens (including phenoxy) is 2. The van der Waals surface area contributed by atoms with Crippen molar-refractivity contribution >= 4 is 16.3 Å². The van der Waals surface area contributed by atoms with Crippen molar-refractivity contribution in [2.24, 2.45) is 0 Å². The zero-order valence-corrected chi connectivity index (χ0v) is 7.96. The zero-order valence-electron chi connectivity index (χ0n) is 7.15. The predicted octanol–water partition coefficient (Wildman–Crippen LogP) is 0.386. The summed E-state index contributed by atoms with van der Waals surface area (Å²) in [6.07, 6.45) is -11.1. The molecule has 0 N–H and O–H groups in total. The Bertz CT molecular complexity index is 359. The van der Waals surface area contributed by atoms with Crippen LogP contribution in [0.25, 0.3) is 0 Å². The minimum atomic E-state index is -4.96. The molecule has 1 heterocycles. The minimum Gasteiger partial charge on any atom is -0.414 e. The van der Waals surface area contributed by atoms with Gasteiger partial charge in [0.25, 0.3) is 22.5 Å². The second-order valence-corrected chi connectivity index (χ2v) is 4.22. The third-order valence-corrected chi connectivity index (χ3v) is 1.81. The van der Waals surface area contributed by atoms with Crippen molar-refractivity contribution in [1.82, 2.24) is 0 Å². The normalized spacial score (nSPS) is 27.3. The molecule has 0 radical (unpaired) electrons. The van der Waals surface area contributed by atoms with Gasteiger partial charge in [-0.25, -0.2) is 8.98 Å². The van der Waals surface area contributed by atoms with E-state index in [1.54, 1.807) is 0 Å². The smallest absolute Gasteiger partial charge is 0.414 e. The van der Waals surface area contributed by atoms with Gasteiger partial charge in [-0.1, -0.05) is 0 Å². The Morgan fingerprint density at radius 3 is 2.27 bits per heavy atom. The molecule has 15 heavy (non-hydrogen) atoms. The van der Waals surface area contributed by atoms with E-state index in [0.717, 1.165) is 0 Å². The van der Waals surface area contributed by atoms with Crippen LogP contribution in [-0.2, 0) is 23.8 Å². The van der Waals surface area contributed by atoms with Crippen molar-refractivity contribution in [3.63, 3.8) is 0 Å². The lowest BCUT2D eigenvalue weighted by Gasteiger charge is -2.16. The third kappa shape index (κ3) is 3.23. The Kier molecular flexibility index (Phi) is 2.83. The van der Waals surface area contributed by atoms with Gasteiger partial charge in [0.05, 0.1) is 6.26 Å². The molecule has 0 aromatic heterocycles. The topological polar surface area (TPSA) is 78.9 Å².